The van der Waals surface area contributed by atoms with Gasteiger partial charge in [-0.05, 0) is 36.4 Å². The lowest BCUT2D eigenvalue weighted by Crippen LogP contribution is -2.28. The summed E-state index contributed by atoms with van der Waals surface area (Å²) in [7, 11) is 1.57. The minimum absolute atomic E-state index is 0.135. The van der Waals surface area contributed by atoms with Crippen LogP contribution in [0.5, 0.6) is 11.5 Å². The number of carbonyl (C=O) groups is 1. The Kier molecular flexibility index (Phi) is 5.48. The van der Waals surface area contributed by atoms with E-state index in [1.807, 2.05) is 0 Å². The average Bonchev–Trinajstić information content (AvgIpc) is 3.14. The van der Waals surface area contributed by atoms with Gasteiger partial charge in [0.05, 0.1) is 19.2 Å². The van der Waals surface area contributed by atoms with Gasteiger partial charge in [-0.3, -0.25) is 4.79 Å². The molecule has 134 valence electrons. The molecule has 0 fully saturated rings. The van der Waals surface area contributed by atoms with E-state index in [0.29, 0.717) is 28.5 Å². The van der Waals surface area contributed by atoms with Crippen molar-refractivity contribution >= 4 is 5.91 Å². The van der Waals surface area contributed by atoms with E-state index in [4.69, 9.17) is 14.0 Å². The summed E-state index contributed by atoms with van der Waals surface area (Å²) in [6, 6.07) is 14.7. The SMILES string of the molecule is COc1ccc(OCC(=O)NCc2cc(-c3ccccc3F)on2)cc1. The molecule has 1 heterocycles. The number of amides is 1. The summed E-state index contributed by atoms with van der Waals surface area (Å²) in [5.41, 5.74) is 0.807. The predicted molar refractivity (Wildman–Crippen MR) is 92.2 cm³/mol. The van der Waals surface area contributed by atoms with Gasteiger partial charge in [-0.25, -0.2) is 4.39 Å². The number of rotatable bonds is 7. The van der Waals surface area contributed by atoms with Crippen molar-refractivity contribution in [1.82, 2.24) is 10.5 Å². The zero-order valence-corrected chi connectivity index (χ0v) is 14.1. The normalized spacial score (nSPS) is 10.4. The highest BCUT2D eigenvalue weighted by molar-refractivity contribution is 5.77. The Hall–Kier alpha value is -3.35. The molecule has 1 N–H and O–H groups in total. The summed E-state index contributed by atoms with van der Waals surface area (Å²) in [5, 5.41) is 6.50. The van der Waals surface area contributed by atoms with Gasteiger partial charge in [-0.2, -0.15) is 0 Å². The Morgan fingerprint density at radius 2 is 1.88 bits per heavy atom. The molecule has 1 amide bonds. The van der Waals surface area contributed by atoms with Crippen LogP contribution < -0.4 is 14.8 Å². The lowest BCUT2D eigenvalue weighted by atomic mass is 10.1. The smallest absolute Gasteiger partial charge is 0.258 e. The fourth-order valence-corrected chi connectivity index (χ4v) is 2.24. The topological polar surface area (TPSA) is 73.6 Å². The number of hydrogen-bond donors (Lipinski definition) is 1. The molecule has 26 heavy (non-hydrogen) atoms. The van der Waals surface area contributed by atoms with E-state index in [1.165, 1.54) is 6.07 Å². The summed E-state index contributed by atoms with van der Waals surface area (Å²) in [4.78, 5) is 11.9. The second-order valence-corrected chi connectivity index (χ2v) is 5.40. The molecular formula is C19H17FN2O4. The third-order valence-electron chi connectivity index (χ3n) is 3.59. The summed E-state index contributed by atoms with van der Waals surface area (Å²) < 4.78 is 29.3. The van der Waals surface area contributed by atoms with E-state index in [9.17, 15) is 9.18 Å². The second-order valence-electron chi connectivity index (χ2n) is 5.40. The summed E-state index contributed by atoms with van der Waals surface area (Å²) in [5.74, 6) is 0.868. The molecule has 6 nitrogen and oxygen atoms in total. The van der Waals surface area contributed by atoms with Crippen molar-refractivity contribution in [2.75, 3.05) is 13.7 Å². The Morgan fingerprint density at radius 1 is 1.15 bits per heavy atom. The van der Waals surface area contributed by atoms with E-state index in [2.05, 4.69) is 10.5 Å². The number of aromatic nitrogens is 1. The van der Waals surface area contributed by atoms with Gasteiger partial charge in [0.15, 0.2) is 12.4 Å². The van der Waals surface area contributed by atoms with Gasteiger partial charge in [-0.1, -0.05) is 17.3 Å². The van der Waals surface area contributed by atoms with Crippen molar-refractivity contribution in [2.24, 2.45) is 0 Å². The Bertz CT molecular complexity index is 877. The maximum Gasteiger partial charge on any atom is 0.258 e. The van der Waals surface area contributed by atoms with E-state index in [-0.39, 0.29) is 19.1 Å². The number of ether oxygens (including phenoxy) is 2. The molecule has 0 saturated heterocycles. The number of nitrogens with zero attached hydrogens (tertiary/aromatic N) is 1. The first-order valence-corrected chi connectivity index (χ1v) is 7.90. The number of hydrogen-bond acceptors (Lipinski definition) is 5. The van der Waals surface area contributed by atoms with Crippen molar-refractivity contribution < 1.29 is 23.2 Å². The number of halogens is 1. The minimum atomic E-state index is -0.396. The standard InChI is InChI=1S/C19H17FN2O4/c1-24-14-6-8-15(9-7-14)25-12-19(23)21-11-13-10-18(26-22-13)16-4-2-3-5-17(16)20/h2-10H,11-12H2,1H3,(H,21,23). The molecule has 3 aromatic rings. The monoisotopic (exact) mass is 356 g/mol. The van der Waals surface area contributed by atoms with Crippen LogP contribution in [0.1, 0.15) is 5.69 Å². The van der Waals surface area contributed by atoms with Gasteiger partial charge >= 0.3 is 0 Å². The van der Waals surface area contributed by atoms with Crippen LogP contribution in [0.15, 0.2) is 59.1 Å². The first kappa shape index (κ1) is 17.5. The van der Waals surface area contributed by atoms with Crippen molar-refractivity contribution in [3.8, 4) is 22.8 Å². The zero-order valence-electron chi connectivity index (χ0n) is 14.1. The highest BCUT2D eigenvalue weighted by Crippen LogP contribution is 2.23. The Labute approximate surface area is 149 Å². The number of methoxy groups -OCH3 is 1. The molecule has 0 unspecified atom stereocenters. The maximum atomic E-state index is 13.7. The average molecular weight is 356 g/mol. The van der Waals surface area contributed by atoms with Crippen LogP contribution in [0.2, 0.25) is 0 Å². The first-order chi connectivity index (χ1) is 12.7. The predicted octanol–water partition coefficient (Wildman–Crippen LogP) is 3.18. The molecule has 0 aliphatic heterocycles. The van der Waals surface area contributed by atoms with Gasteiger partial charge in [-0.15, -0.1) is 0 Å². The molecule has 3 rings (SSSR count). The van der Waals surface area contributed by atoms with E-state index in [1.54, 1.807) is 55.6 Å². The molecule has 7 heteroatoms. The fourth-order valence-electron chi connectivity index (χ4n) is 2.24. The molecule has 0 aliphatic carbocycles. The Balaban J connectivity index is 1.49. The fraction of sp³-hybridized carbons (Fsp3) is 0.158. The summed E-state index contributed by atoms with van der Waals surface area (Å²) >= 11 is 0. The first-order valence-electron chi connectivity index (χ1n) is 7.90. The van der Waals surface area contributed by atoms with Crippen molar-refractivity contribution in [3.05, 3.63) is 66.1 Å². The van der Waals surface area contributed by atoms with Crippen LogP contribution >= 0.6 is 0 Å². The maximum absolute atomic E-state index is 13.7. The molecule has 0 radical (unpaired) electrons. The highest BCUT2D eigenvalue weighted by Gasteiger charge is 2.11. The molecule has 2 aromatic carbocycles. The van der Waals surface area contributed by atoms with E-state index >= 15 is 0 Å². The van der Waals surface area contributed by atoms with Crippen LogP contribution in [0.25, 0.3) is 11.3 Å². The third-order valence-corrected chi connectivity index (χ3v) is 3.59. The second kappa shape index (κ2) is 8.15. The lowest BCUT2D eigenvalue weighted by molar-refractivity contribution is -0.123. The molecule has 0 bridgehead atoms. The van der Waals surface area contributed by atoms with Crippen molar-refractivity contribution in [3.63, 3.8) is 0 Å². The van der Waals surface area contributed by atoms with E-state index < -0.39 is 5.82 Å². The molecule has 0 saturated carbocycles. The highest BCUT2D eigenvalue weighted by atomic mass is 19.1. The Morgan fingerprint density at radius 3 is 2.62 bits per heavy atom. The number of nitrogens with one attached hydrogen (secondary N) is 1. The summed E-state index contributed by atoms with van der Waals surface area (Å²) in [6.45, 7) is 0.0209. The van der Waals surface area contributed by atoms with E-state index in [0.717, 1.165) is 0 Å². The van der Waals surface area contributed by atoms with Crippen molar-refractivity contribution in [2.45, 2.75) is 6.54 Å². The number of benzene rings is 2. The van der Waals surface area contributed by atoms with Crippen LogP contribution in [-0.2, 0) is 11.3 Å². The third kappa shape index (κ3) is 4.38. The molecule has 0 aliphatic rings. The van der Waals surface area contributed by atoms with Gasteiger partial charge in [0, 0.05) is 6.07 Å². The minimum Gasteiger partial charge on any atom is -0.497 e. The van der Waals surface area contributed by atoms with Gasteiger partial charge < -0.3 is 19.3 Å². The zero-order chi connectivity index (χ0) is 18.4. The lowest BCUT2D eigenvalue weighted by Gasteiger charge is -2.07. The summed E-state index contributed by atoms with van der Waals surface area (Å²) in [6.07, 6.45) is 0. The van der Waals surface area contributed by atoms with Gasteiger partial charge in [0.2, 0.25) is 0 Å². The van der Waals surface area contributed by atoms with Crippen LogP contribution in [0.3, 0.4) is 0 Å². The molecule has 0 atom stereocenters. The molecule has 1 aromatic heterocycles. The van der Waals surface area contributed by atoms with Crippen LogP contribution in [0.4, 0.5) is 4.39 Å². The van der Waals surface area contributed by atoms with Gasteiger partial charge in [0.1, 0.15) is 23.0 Å². The quantitative estimate of drug-likeness (QED) is 0.704. The van der Waals surface area contributed by atoms with Crippen LogP contribution in [0, 0.1) is 5.82 Å². The molecule has 0 spiro atoms. The molecular weight excluding hydrogens is 339 g/mol. The number of carbonyl (C=O) groups excluding carboxylic acids is 1. The van der Waals surface area contributed by atoms with Crippen molar-refractivity contribution in [1.29, 1.82) is 0 Å². The van der Waals surface area contributed by atoms with Gasteiger partial charge in [0.25, 0.3) is 5.91 Å². The van der Waals surface area contributed by atoms with Crippen LogP contribution in [-0.4, -0.2) is 24.8 Å². The largest absolute Gasteiger partial charge is 0.497 e.